The molecule has 2 N–H and O–H groups in total. The van der Waals surface area contributed by atoms with Crippen LogP contribution in [0.1, 0.15) is 23.6 Å². The fraction of sp³-hybridized carbons (Fsp3) is 0.235. The molecule has 0 saturated heterocycles. The van der Waals surface area contributed by atoms with Gasteiger partial charge in [-0.1, -0.05) is 42.5 Å². The summed E-state index contributed by atoms with van der Waals surface area (Å²) in [4.78, 5) is 14.6. The zero-order chi connectivity index (χ0) is 13.7. The van der Waals surface area contributed by atoms with Crippen LogP contribution in [-0.4, -0.2) is 12.5 Å². The zero-order valence-corrected chi connectivity index (χ0v) is 11.2. The van der Waals surface area contributed by atoms with Gasteiger partial charge in [0.1, 0.15) is 6.04 Å². The first kappa shape index (κ1) is 11.7. The fourth-order valence-electron chi connectivity index (χ4n) is 3.40. The van der Waals surface area contributed by atoms with Crippen molar-refractivity contribution in [1.82, 2.24) is 0 Å². The van der Waals surface area contributed by atoms with Crippen molar-refractivity contribution >= 4 is 11.6 Å². The van der Waals surface area contributed by atoms with Gasteiger partial charge in [0, 0.05) is 12.1 Å². The number of rotatable bonds is 0. The summed E-state index contributed by atoms with van der Waals surface area (Å²) in [5.41, 5.74) is 11.7. The second kappa shape index (κ2) is 4.18. The maximum absolute atomic E-state index is 12.7. The summed E-state index contributed by atoms with van der Waals surface area (Å²) < 4.78 is 0. The quantitative estimate of drug-likeness (QED) is 0.795. The van der Waals surface area contributed by atoms with Crippen molar-refractivity contribution in [3.63, 3.8) is 0 Å². The number of anilines is 1. The minimum Gasteiger partial charge on any atom is -0.316 e. The minimum atomic E-state index is -0.565. The predicted molar refractivity (Wildman–Crippen MR) is 79.5 cm³/mol. The van der Waals surface area contributed by atoms with Crippen molar-refractivity contribution < 1.29 is 4.79 Å². The van der Waals surface area contributed by atoms with Crippen LogP contribution in [0.25, 0.3) is 11.1 Å². The molecule has 0 radical (unpaired) electrons. The lowest BCUT2D eigenvalue weighted by molar-refractivity contribution is -0.120. The smallest absolute Gasteiger partial charge is 0.248 e. The molecule has 2 aliphatic heterocycles. The molecule has 20 heavy (non-hydrogen) atoms. The molecule has 1 amide bonds. The Hall–Kier alpha value is -2.13. The molecule has 0 aliphatic carbocycles. The maximum Gasteiger partial charge on any atom is 0.248 e. The number of amides is 1. The van der Waals surface area contributed by atoms with Crippen LogP contribution >= 0.6 is 0 Å². The minimum absolute atomic E-state index is 0.0170. The van der Waals surface area contributed by atoms with Gasteiger partial charge in [-0.15, -0.1) is 0 Å². The van der Waals surface area contributed by atoms with E-state index in [9.17, 15) is 4.79 Å². The Morgan fingerprint density at radius 3 is 2.75 bits per heavy atom. The van der Waals surface area contributed by atoms with Crippen LogP contribution in [-0.2, 0) is 11.2 Å². The summed E-state index contributed by atoms with van der Waals surface area (Å²) in [6.45, 7) is 0.768. The number of hydrogen-bond donors (Lipinski definition) is 1. The van der Waals surface area contributed by atoms with Crippen LogP contribution in [0.15, 0.2) is 42.5 Å². The van der Waals surface area contributed by atoms with E-state index in [0.29, 0.717) is 0 Å². The van der Waals surface area contributed by atoms with Gasteiger partial charge in [-0.2, -0.15) is 0 Å². The van der Waals surface area contributed by atoms with Crippen LogP contribution < -0.4 is 10.6 Å². The first-order chi connectivity index (χ1) is 9.77. The standard InChI is InChI=1S/C17H16N2O/c18-15-13-8-2-1-7-12(13)14-9-3-5-11-6-4-10-19(16(11)14)17(15)20/h1-3,5,7-9,15H,4,6,10,18H2. The van der Waals surface area contributed by atoms with Gasteiger partial charge in [-0.3, -0.25) is 4.79 Å². The molecule has 3 nitrogen and oxygen atoms in total. The number of nitrogens with two attached hydrogens (primary N) is 1. The number of hydrogen-bond acceptors (Lipinski definition) is 2. The van der Waals surface area contributed by atoms with E-state index in [4.69, 9.17) is 5.73 Å². The number of nitrogens with zero attached hydrogens (tertiary/aromatic N) is 1. The predicted octanol–water partition coefficient (Wildman–Crippen LogP) is 2.65. The fourth-order valence-corrected chi connectivity index (χ4v) is 3.40. The van der Waals surface area contributed by atoms with Crippen molar-refractivity contribution in [3.05, 3.63) is 53.6 Å². The Morgan fingerprint density at radius 2 is 1.85 bits per heavy atom. The molecule has 0 spiro atoms. The van der Waals surface area contributed by atoms with Gasteiger partial charge < -0.3 is 10.6 Å². The number of carbonyl (C=O) groups excluding carboxylic acids is 1. The van der Waals surface area contributed by atoms with E-state index in [0.717, 1.165) is 41.8 Å². The summed E-state index contributed by atoms with van der Waals surface area (Å²) in [6, 6.07) is 13.7. The van der Waals surface area contributed by atoms with Gasteiger partial charge in [0.2, 0.25) is 5.91 Å². The summed E-state index contributed by atoms with van der Waals surface area (Å²) in [5, 5.41) is 0. The van der Waals surface area contributed by atoms with E-state index in [-0.39, 0.29) is 5.91 Å². The Balaban J connectivity index is 2.09. The number of carbonyl (C=O) groups is 1. The van der Waals surface area contributed by atoms with Crippen LogP contribution in [0.2, 0.25) is 0 Å². The van der Waals surface area contributed by atoms with Gasteiger partial charge >= 0.3 is 0 Å². The van der Waals surface area contributed by atoms with Crippen molar-refractivity contribution in [2.75, 3.05) is 11.4 Å². The molecule has 2 aromatic rings. The maximum atomic E-state index is 12.7. The number of aryl methyl sites for hydroxylation is 1. The molecular weight excluding hydrogens is 248 g/mol. The highest BCUT2D eigenvalue weighted by molar-refractivity contribution is 6.06. The molecule has 1 atom stereocenters. The first-order valence-corrected chi connectivity index (χ1v) is 7.05. The van der Waals surface area contributed by atoms with Gasteiger partial charge in [0.15, 0.2) is 0 Å². The van der Waals surface area contributed by atoms with E-state index >= 15 is 0 Å². The topological polar surface area (TPSA) is 46.3 Å². The molecule has 2 aromatic carbocycles. The summed E-state index contributed by atoms with van der Waals surface area (Å²) >= 11 is 0. The molecule has 0 bridgehead atoms. The number of para-hydroxylation sites is 1. The summed E-state index contributed by atoms with van der Waals surface area (Å²) in [6.07, 6.45) is 2.04. The largest absolute Gasteiger partial charge is 0.316 e. The summed E-state index contributed by atoms with van der Waals surface area (Å²) in [5.74, 6) is 0.0170. The average Bonchev–Trinajstić information content (AvgIpc) is 2.60. The third-order valence-electron chi connectivity index (χ3n) is 4.34. The van der Waals surface area contributed by atoms with Gasteiger partial charge in [-0.25, -0.2) is 0 Å². The Labute approximate surface area is 118 Å². The third kappa shape index (κ3) is 1.47. The molecule has 1 unspecified atom stereocenters. The first-order valence-electron chi connectivity index (χ1n) is 7.05. The van der Waals surface area contributed by atoms with Crippen LogP contribution in [0, 0.1) is 0 Å². The van der Waals surface area contributed by atoms with Gasteiger partial charge in [0.05, 0.1) is 5.69 Å². The lowest BCUT2D eigenvalue weighted by atomic mass is 9.92. The van der Waals surface area contributed by atoms with E-state index < -0.39 is 6.04 Å². The van der Waals surface area contributed by atoms with Crippen LogP contribution in [0.5, 0.6) is 0 Å². The van der Waals surface area contributed by atoms with Crippen molar-refractivity contribution in [2.24, 2.45) is 5.73 Å². The Morgan fingerprint density at radius 1 is 1.05 bits per heavy atom. The Bertz CT molecular complexity index is 708. The van der Waals surface area contributed by atoms with E-state index in [2.05, 4.69) is 24.3 Å². The van der Waals surface area contributed by atoms with Gasteiger partial charge in [-0.05, 0) is 29.5 Å². The molecule has 0 saturated carbocycles. The van der Waals surface area contributed by atoms with Crippen molar-refractivity contribution in [1.29, 1.82) is 0 Å². The molecule has 0 fully saturated rings. The average molecular weight is 264 g/mol. The zero-order valence-electron chi connectivity index (χ0n) is 11.2. The molecule has 0 aromatic heterocycles. The molecule has 2 aliphatic rings. The van der Waals surface area contributed by atoms with Crippen LogP contribution in [0.3, 0.4) is 0 Å². The normalized spacial score (nSPS) is 20.1. The lowest BCUT2D eigenvalue weighted by Gasteiger charge is -2.31. The monoisotopic (exact) mass is 264 g/mol. The third-order valence-corrected chi connectivity index (χ3v) is 4.34. The molecule has 100 valence electrons. The SMILES string of the molecule is NC1C(=O)N2CCCc3cccc(c32)-c2ccccc21. The highest BCUT2D eigenvalue weighted by Gasteiger charge is 2.34. The van der Waals surface area contributed by atoms with Crippen LogP contribution in [0.4, 0.5) is 5.69 Å². The van der Waals surface area contributed by atoms with Crippen molar-refractivity contribution in [2.45, 2.75) is 18.9 Å². The summed E-state index contributed by atoms with van der Waals surface area (Å²) in [7, 11) is 0. The Kier molecular flexibility index (Phi) is 2.44. The lowest BCUT2D eigenvalue weighted by Crippen LogP contribution is -2.40. The molecular formula is C17H16N2O. The van der Waals surface area contributed by atoms with Crippen molar-refractivity contribution in [3.8, 4) is 11.1 Å². The molecule has 2 heterocycles. The molecule has 4 rings (SSSR count). The highest BCUT2D eigenvalue weighted by atomic mass is 16.2. The second-order valence-electron chi connectivity index (χ2n) is 5.47. The highest BCUT2D eigenvalue weighted by Crippen LogP contribution is 2.43. The van der Waals surface area contributed by atoms with E-state index in [1.807, 2.05) is 23.1 Å². The number of benzene rings is 2. The van der Waals surface area contributed by atoms with Gasteiger partial charge in [0.25, 0.3) is 0 Å². The second-order valence-corrected chi connectivity index (χ2v) is 5.47. The van der Waals surface area contributed by atoms with E-state index in [1.54, 1.807) is 0 Å². The number of fused-ring (bicyclic) bond motifs is 2. The molecule has 3 heteroatoms. The van der Waals surface area contributed by atoms with E-state index in [1.165, 1.54) is 5.56 Å².